The maximum atomic E-state index is 13.3. The van der Waals surface area contributed by atoms with Crippen LogP contribution in [0.1, 0.15) is 13.8 Å². The number of carbonyl (C=O) groups excluding carboxylic acids is 2. The minimum Gasteiger partial charge on any atom is -0.479 e. The number of fused-ring (bicyclic) bond motifs is 1. The van der Waals surface area contributed by atoms with Gasteiger partial charge in [0.05, 0.1) is 19.2 Å². The van der Waals surface area contributed by atoms with Crippen molar-refractivity contribution in [2.24, 2.45) is 0 Å². The summed E-state index contributed by atoms with van der Waals surface area (Å²) in [6, 6.07) is 14.4. The maximum Gasteiger partial charge on any atom is 0.406 e. The third-order valence-corrected chi connectivity index (χ3v) is 4.35. The van der Waals surface area contributed by atoms with Gasteiger partial charge < -0.3 is 24.3 Å². The Morgan fingerprint density at radius 3 is 2.47 bits per heavy atom. The standard InChI is InChI=1S/C23H23FN2O6/c1-14(13-25-23(28)29-3)30-22(27)15(2)31-18-6-8-19(9-7-18)32-21-11-4-16-12-17(24)5-10-20(16)26-21/h4-12,14-15H,13H2,1-3H3,(H,25,28)/t14?,15-/m1/s1. The van der Waals surface area contributed by atoms with Gasteiger partial charge in [0, 0.05) is 11.5 Å². The molecule has 1 unspecified atom stereocenters. The molecule has 0 saturated carbocycles. The summed E-state index contributed by atoms with van der Waals surface area (Å²) >= 11 is 0. The topological polar surface area (TPSA) is 96.0 Å². The van der Waals surface area contributed by atoms with Crippen molar-refractivity contribution >= 4 is 23.0 Å². The minimum atomic E-state index is -0.857. The summed E-state index contributed by atoms with van der Waals surface area (Å²) in [4.78, 5) is 27.6. The Kier molecular flexibility index (Phi) is 7.43. The fraction of sp³-hybridized carbons (Fsp3) is 0.261. The molecule has 32 heavy (non-hydrogen) atoms. The van der Waals surface area contributed by atoms with Gasteiger partial charge in [-0.3, -0.25) is 0 Å². The van der Waals surface area contributed by atoms with E-state index in [0.29, 0.717) is 28.3 Å². The predicted octanol–water partition coefficient (Wildman–Crippen LogP) is 4.22. The maximum absolute atomic E-state index is 13.3. The van der Waals surface area contributed by atoms with Gasteiger partial charge >= 0.3 is 12.1 Å². The first-order valence-electron chi connectivity index (χ1n) is 9.87. The van der Waals surface area contributed by atoms with E-state index in [4.69, 9.17) is 14.2 Å². The molecule has 0 aliphatic heterocycles. The van der Waals surface area contributed by atoms with Crippen LogP contribution in [0.15, 0.2) is 54.6 Å². The smallest absolute Gasteiger partial charge is 0.406 e. The first-order valence-corrected chi connectivity index (χ1v) is 9.87. The van der Waals surface area contributed by atoms with Crippen LogP contribution in [0.25, 0.3) is 10.9 Å². The summed E-state index contributed by atoms with van der Waals surface area (Å²) in [6.45, 7) is 3.33. The molecule has 0 spiro atoms. The third kappa shape index (κ3) is 6.31. The Labute approximate surface area is 184 Å². The number of methoxy groups -OCH3 is 1. The number of hydrogen-bond acceptors (Lipinski definition) is 7. The van der Waals surface area contributed by atoms with Crippen molar-refractivity contribution < 1.29 is 32.9 Å². The first-order chi connectivity index (χ1) is 15.3. The van der Waals surface area contributed by atoms with Crippen LogP contribution in [0.2, 0.25) is 0 Å². The van der Waals surface area contributed by atoms with Gasteiger partial charge in [0.15, 0.2) is 6.10 Å². The molecule has 0 fully saturated rings. The van der Waals surface area contributed by atoms with E-state index >= 15 is 0 Å². The van der Waals surface area contributed by atoms with Crippen molar-refractivity contribution in [1.82, 2.24) is 10.3 Å². The second-order valence-electron chi connectivity index (χ2n) is 6.94. The lowest BCUT2D eigenvalue weighted by Gasteiger charge is -2.18. The number of alkyl carbamates (subject to hydrolysis) is 1. The first kappa shape index (κ1) is 22.8. The predicted molar refractivity (Wildman–Crippen MR) is 114 cm³/mol. The molecule has 0 bridgehead atoms. The second-order valence-corrected chi connectivity index (χ2v) is 6.94. The van der Waals surface area contributed by atoms with E-state index in [-0.39, 0.29) is 12.4 Å². The Hall–Kier alpha value is -3.88. The minimum absolute atomic E-state index is 0.120. The number of halogens is 1. The molecule has 0 saturated heterocycles. The van der Waals surface area contributed by atoms with Gasteiger partial charge in [0.25, 0.3) is 0 Å². The van der Waals surface area contributed by atoms with Crippen molar-refractivity contribution in [2.45, 2.75) is 26.1 Å². The van der Waals surface area contributed by atoms with Crippen LogP contribution >= 0.6 is 0 Å². The molecule has 1 heterocycles. The molecular formula is C23H23FN2O6. The number of hydrogen-bond donors (Lipinski definition) is 1. The monoisotopic (exact) mass is 442 g/mol. The Morgan fingerprint density at radius 1 is 1.03 bits per heavy atom. The quantitative estimate of drug-likeness (QED) is 0.522. The molecule has 3 rings (SSSR count). The van der Waals surface area contributed by atoms with Gasteiger partial charge in [-0.2, -0.15) is 0 Å². The molecule has 0 aliphatic carbocycles. The number of nitrogens with zero attached hydrogens (tertiary/aromatic N) is 1. The van der Waals surface area contributed by atoms with Crippen LogP contribution in [0, 0.1) is 5.82 Å². The number of benzene rings is 2. The van der Waals surface area contributed by atoms with Gasteiger partial charge in [0.1, 0.15) is 23.4 Å². The van der Waals surface area contributed by atoms with E-state index in [2.05, 4.69) is 15.0 Å². The van der Waals surface area contributed by atoms with Crippen LogP contribution < -0.4 is 14.8 Å². The molecule has 0 aliphatic rings. The fourth-order valence-electron chi connectivity index (χ4n) is 2.73. The summed E-state index contributed by atoms with van der Waals surface area (Å²) in [5.74, 6) is 0.438. The summed E-state index contributed by atoms with van der Waals surface area (Å²) in [5, 5.41) is 3.13. The zero-order valence-electron chi connectivity index (χ0n) is 17.8. The van der Waals surface area contributed by atoms with Crippen molar-refractivity contribution in [3.63, 3.8) is 0 Å². The normalized spacial score (nSPS) is 12.5. The molecule has 3 aromatic rings. The highest BCUT2D eigenvalue weighted by molar-refractivity contribution is 5.79. The van der Waals surface area contributed by atoms with Crippen LogP contribution in [0.4, 0.5) is 9.18 Å². The van der Waals surface area contributed by atoms with Gasteiger partial charge in [-0.05, 0) is 62.4 Å². The van der Waals surface area contributed by atoms with E-state index in [1.807, 2.05) is 0 Å². The van der Waals surface area contributed by atoms with Crippen molar-refractivity contribution in [2.75, 3.05) is 13.7 Å². The molecule has 168 valence electrons. The lowest BCUT2D eigenvalue weighted by Crippen LogP contribution is -2.36. The summed E-state index contributed by atoms with van der Waals surface area (Å²) in [5.41, 5.74) is 0.618. The summed E-state index contributed by atoms with van der Waals surface area (Å²) in [7, 11) is 1.25. The van der Waals surface area contributed by atoms with Gasteiger partial charge in [-0.1, -0.05) is 0 Å². The zero-order valence-corrected chi connectivity index (χ0v) is 17.8. The van der Waals surface area contributed by atoms with Crippen LogP contribution in [-0.2, 0) is 14.3 Å². The molecule has 1 N–H and O–H groups in total. The van der Waals surface area contributed by atoms with E-state index in [9.17, 15) is 14.0 Å². The van der Waals surface area contributed by atoms with Crippen molar-refractivity contribution in [3.8, 4) is 17.4 Å². The number of rotatable bonds is 8. The van der Waals surface area contributed by atoms with Crippen LogP contribution in [-0.4, -0.2) is 42.9 Å². The fourth-order valence-corrected chi connectivity index (χ4v) is 2.73. The van der Waals surface area contributed by atoms with Gasteiger partial charge in [0.2, 0.25) is 5.88 Å². The highest BCUT2D eigenvalue weighted by Gasteiger charge is 2.19. The largest absolute Gasteiger partial charge is 0.479 e. The number of pyridine rings is 1. The zero-order chi connectivity index (χ0) is 23.1. The SMILES string of the molecule is COC(=O)NCC(C)OC(=O)[C@@H](C)Oc1ccc(Oc2ccc3cc(F)ccc3n2)cc1. The molecule has 8 nitrogen and oxygen atoms in total. The van der Waals surface area contributed by atoms with Crippen LogP contribution in [0.3, 0.4) is 0 Å². The average molecular weight is 442 g/mol. The molecular weight excluding hydrogens is 419 g/mol. The van der Waals surface area contributed by atoms with E-state index in [1.54, 1.807) is 56.3 Å². The van der Waals surface area contributed by atoms with Gasteiger partial charge in [-0.25, -0.2) is 19.0 Å². The summed E-state index contributed by atoms with van der Waals surface area (Å²) in [6.07, 6.45) is -2.01. The molecule has 9 heteroatoms. The average Bonchev–Trinajstić information content (AvgIpc) is 2.78. The van der Waals surface area contributed by atoms with Crippen molar-refractivity contribution in [3.05, 3.63) is 60.4 Å². The van der Waals surface area contributed by atoms with Gasteiger partial charge in [-0.15, -0.1) is 0 Å². The van der Waals surface area contributed by atoms with E-state index in [0.717, 1.165) is 0 Å². The van der Waals surface area contributed by atoms with Crippen molar-refractivity contribution in [1.29, 1.82) is 0 Å². The molecule has 1 amide bonds. The second kappa shape index (κ2) is 10.4. The number of esters is 1. The lowest BCUT2D eigenvalue weighted by atomic mass is 10.2. The molecule has 1 aromatic heterocycles. The number of amides is 1. The number of nitrogens with one attached hydrogen (secondary N) is 1. The highest BCUT2D eigenvalue weighted by atomic mass is 19.1. The number of ether oxygens (including phenoxy) is 4. The highest BCUT2D eigenvalue weighted by Crippen LogP contribution is 2.25. The lowest BCUT2D eigenvalue weighted by molar-refractivity contribution is -0.155. The molecule has 2 aromatic carbocycles. The third-order valence-electron chi connectivity index (χ3n) is 4.35. The Balaban J connectivity index is 1.53. The number of carbonyl (C=O) groups is 2. The van der Waals surface area contributed by atoms with E-state index in [1.165, 1.54) is 19.2 Å². The molecule has 0 radical (unpaired) electrons. The Bertz CT molecular complexity index is 1090. The summed E-state index contributed by atoms with van der Waals surface area (Å²) < 4.78 is 34.3. The Morgan fingerprint density at radius 2 is 1.75 bits per heavy atom. The van der Waals surface area contributed by atoms with Crippen LogP contribution in [0.5, 0.6) is 17.4 Å². The van der Waals surface area contributed by atoms with E-state index < -0.39 is 24.3 Å². The molecule has 2 atom stereocenters. The number of aromatic nitrogens is 1.